The smallest absolute Gasteiger partial charge is 0.413 e. The van der Waals surface area contributed by atoms with Crippen molar-refractivity contribution in [1.29, 1.82) is 0 Å². The van der Waals surface area contributed by atoms with Gasteiger partial charge < -0.3 is 41.8 Å². The van der Waals surface area contributed by atoms with Crippen molar-refractivity contribution < 1.29 is 41.4 Å². The molecular formula is C44H42F4N12O5. The molecule has 0 spiro atoms. The maximum absolute atomic E-state index is 16.6. The number of carbonyl (C=O) groups is 3. The molecular weight excluding hydrogens is 853 g/mol. The fourth-order valence-corrected chi connectivity index (χ4v) is 7.03. The third kappa shape index (κ3) is 9.94. The molecule has 3 heterocycles. The first kappa shape index (κ1) is 45.0. The van der Waals surface area contributed by atoms with E-state index in [1.54, 1.807) is 0 Å². The number of aromatic nitrogens is 4. The highest BCUT2D eigenvalue weighted by Crippen LogP contribution is 2.39. The number of halogens is 4. The summed E-state index contributed by atoms with van der Waals surface area (Å²) in [6, 6.07) is 20.6. The lowest BCUT2D eigenvalue weighted by atomic mass is 10.1. The first-order valence-corrected chi connectivity index (χ1v) is 19.9. The van der Waals surface area contributed by atoms with E-state index in [0.717, 1.165) is 30.4 Å². The molecule has 336 valence electrons. The van der Waals surface area contributed by atoms with Crippen LogP contribution in [0.15, 0.2) is 84.9 Å². The summed E-state index contributed by atoms with van der Waals surface area (Å²) in [5.41, 5.74) is 13.2. The number of methoxy groups -OCH3 is 1. The Bertz CT molecular complexity index is 2760. The number of nitrogens with two attached hydrogens (primary N) is 2. The Hall–Kier alpha value is -8.07. The highest BCUT2D eigenvalue weighted by molar-refractivity contribution is 5.97. The van der Waals surface area contributed by atoms with Crippen molar-refractivity contribution in [3.05, 3.63) is 136 Å². The van der Waals surface area contributed by atoms with Gasteiger partial charge in [-0.2, -0.15) is 0 Å². The second-order valence-corrected chi connectivity index (χ2v) is 14.6. The van der Waals surface area contributed by atoms with Crippen LogP contribution in [-0.2, 0) is 22.6 Å². The number of amides is 3. The van der Waals surface area contributed by atoms with Crippen LogP contribution in [0.25, 0.3) is 0 Å². The molecule has 17 nitrogen and oxygen atoms in total. The predicted octanol–water partition coefficient (Wildman–Crippen LogP) is 6.81. The second-order valence-electron chi connectivity index (χ2n) is 14.6. The maximum atomic E-state index is 16.6. The number of aryl methyl sites for hydroxylation is 1. The van der Waals surface area contributed by atoms with Crippen molar-refractivity contribution in [2.45, 2.75) is 20.0 Å². The van der Waals surface area contributed by atoms with Gasteiger partial charge in [0.05, 0.1) is 37.4 Å². The number of hydrogen-bond donors (Lipinski definition) is 5. The van der Waals surface area contributed by atoms with Crippen molar-refractivity contribution in [2.75, 3.05) is 71.1 Å². The van der Waals surface area contributed by atoms with Crippen LogP contribution in [0, 0.1) is 30.2 Å². The van der Waals surface area contributed by atoms with E-state index < -0.39 is 41.2 Å². The minimum atomic E-state index is -1.35. The van der Waals surface area contributed by atoms with Crippen molar-refractivity contribution in [3.8, 4) is 0 Å². The Morgan fingerprint density at radius 3 is 2.03 bits per heavy atom. The van der Waals surface area contributed by atoms with Gasteiger partial charge in [-0.3, -0.25) is 19.4 Å². The van der Waals surface area contributed by atoms with Gasteiger partial charge in [-0.15, -0.1) is 20.4 Å². The molecule has 2 aromatic heterocycles. The summed E-state index contributed by atoms with van der Waals surface area (Å²) >= 11 is 0. The van der Waals surface area contributed by atoms with Gasteiger partial charge in [-0.25, -0.2) is 22.4 Å². The quantitative estimate of drug-likeness (QED) is 0.0670. The molecule has 0 atom stereocenters. The zero-order valence-corrected chi connectivity index (χ0v) is 35.2. The monoisotopic (exact) mass is 894 g/mol. The number of nitrogens with one attached hydrogen (secondary N) is 3. The molecule has 21 heteroatoms. The van der Waals surface area contributed by atoms with Crippen LogP contribution >= 0.6 is 0 Å². The van der Waals surface area contributed by atoms with Crippen LogP contribution < -0.4 is 42.1 Å². The van der Waals surface area contributed by atoms with E-state index in [9.17, 15) is 23.2 Å². The lowest BCUT2D eigenvalue weighted by molar-refractivity contribution is 0.0987. The zero-order chi connectivity index (χ0) is 46.4. The molecule has 1 aliphatic rings. The molecule has 1 aliphatic heterocycles. The Morgan fingerprint density at radius 2 is 1.38 bits per heavy atom. The normalized spacial score (nSPS) is 12.3. The standard InChI is InChI=1S/C44H42F4N12O5/c1-24-19-27(8-14-33(24)59-15-17-65-18-16-59)53-35-20-31(40(42(49)61)56-54-35)51-23-26-7-13-34(39(48)38(26)47)60(29-11-9-28(10-12-29)58(2)44(63)64-3)36-21-32(41(43(50)62)57-55-36)52-22-25-5-4-6-30(45)37(25)46/h4-14,19-21H,15-18,22-23H2,1-3H3,(H2,49,61)(H2,50,62)(H,52,55)(H2,51,53,54). The number of carbonyl (C=O) groups excluding carboxylic acids is 3. The molecule has 6 aromatic rings. The number of rotatable bonds is 15. The summed E-state index contributed by atoms with van der Waals surface area (Å²) in [4.78, 5) is 41.6. The molecule has 0 saturated carbocycles. The molecule has 65 heavy (non-hydrogen) atoms. The molecule has 0 bridgehead atoms. The van der Waals surface area contributed by atoms with E-state index in [2.05, 4.69) is 41.2 Å². The third-order valence-electron chi connectivity index (χ3n) is 10.4. The minimum absolute atomic E-state index is 0.0853. The van der Waals surface area contributed by atoms with Gasteiger partial charge in [-0.1, -0.05) is 18.2 Å². The van der Waals surface area contributed by atoms with Crippen LogP contribution in [0.1, 0.15) is 37.7 Å². The van der Waals surface area contributed by atoms with Gasteiger partial charge in [0.25, 0.3) is 11.8 Å². The number of benzene rings is 4. The van der Waals surface area contributed by atoms with Crippen molar-refractivity contribution in [2.24, 2.45) is 11.5 Å². The summed E-state index contributed by atoms with van der Waals surface area (Å²) in [5, 5.41) is 25.0. The molecule has 0 aliphatic carbocycles. The molecule has 1 fully saturated rings. The third-order valence-corrected chi connectivity index (χ3v) is 10.4. The maximum Gasteiger partial charge on any atom is 0.413 e. The lowest BCUT2D eigenvalue weighted by Gasteiger charge is -2.30. The van der Waals surface area contributed by atoms with Crippen LogP contribution in [0.2, 0.25) is 0 Å². The predicted molar refractivity (Wildman–Crippen MR) is 235 cm³/mol. The largest absolute Gasteiger partial charge is 0.452 e. The van der Waals surface area contributed by atoms with Gasteiger partial charge in [-0.05, 0) is 67.1 Å². The first-order valence-electron chi connectivity index (χ1n) is 19.9. The second kappa shape index (κ2) is 19.5. The van der Waals surface area contributed by atoms with Crippen molar-refractivity contribution >= 4 is 69.4 Å². The van der Waals surface area contributed by atoms with Crippen molar-refractivity contribution in [1.82, 2.24) is 20.4 Å². The van der Waals surface area contributed by atoms with Crippen molar-refractivity contribution in [3.63, 3.8) is 0 Å². The highest BCUT2D eigenvalue weighted by Gasteiger charge is 2.26. The van der Waals surface area contributed by atoms with E-state index in [4.69, 9.17) is 20.9 Å². The number of anilines is 9. The average Bonchev–Trinajstić information content (AvgIpc) is 3.30. The van der Waals surface area contributed by atoms with E-state index in [1.165, 1.54) is 84.6 Å². The number of morpholine rings is 1. The van der Waals surface area contributed by atoms with Crippen LogP contribution in [0.4, 0.5) is 73.8 Å². The molecule has 1 saturated heterocycles. The fourth-order valence-electron chi connectivity index (χ4n) is 7.03. The van der Waals surface area contributed by atoms with Gasteiger partial charge in [0.2, 0.25) is 0 Å². The number of nitrogens with zero attached hydrogens (tertiary/aromatic N) is 7. The average molecular weight is 895 g/mol. The fraction of sp³-hybridized carbons (Fsp3) is 0.205. The zero-order valence-electron chi connectivity index (χ0n) is 35.2. The van der Waals surface area contributed by atoms with Gasteiger partial charge in [0, 0.05) is 79.2 Å². The molecule has 3 amide bonds. The lowest BCUT2D eigenvalue weighted by Crippen LogP contribution is -2.36. The molecule has 0 radical (unpaired) electrons. The first-order chi connectivity index (χ1) is 31.2. The Morgan fingerprint density at radius 1 is 0.754 bits per heavy atom. The van der Waals surface area contributed by atoms with Gasteiger partial charge >= 0.3 is 6.09 Å². The summed E-state index contributed by atoms with van der Waals surface area (Å²) in [6.45, 7) is 4.10. The summed E-state index contributed by atoms with van der Waals surface area (Å²) in [7, 11) is 2.67. The molecule has 4 aromatic carbocycles. The van der Waals surface area contributed by atoms with Crippen LogP contribution in [-0.4, -0.2) is 78.8 Å². The number of primary amides is 2. The summed E-state index contributed by atoms with van der Waals surface area (Å²) < 4.78 is 71.7. The molecule has 7 N–H and O–H groups in total. The Balaban J connectivity index is 1.20. The van der Waals surface area contributed by atoms with Gasteiger partial charge in [0.15, 0.2) is 46.3 Å². The Labute approximate surface area is 369 Å². The van der Waals surface area contributed by atoms with E-state index in [0.29, 0.717) is 24.6 Å². The topological polar surface area (TPSA) is 219 Å². The minimum Gasteiger partial charge on any atom is -0.452 e. The van der Waals surface area contributed by atoms with E-state index in [-0.39, 0.29) is 70.0 Å². The SMILES string of the molecule is COC(=O)N(C)c1ccc(N(c2cc(NCc3cccc(F)c3F)c(C(N)=O)nn2)c2ccc(CNc3cc(Nc4ccc(N5CCOCC5)c(C)c4)nnc3C(N)=O)c(F)c2F)cc1. The van der Waals surface area contributed by atoms with E-state index >= 15 is 8.78 Å². The Kier molecular flexibility index (Phi) is 13.5. The van der Waals surface area contributed by atoms with Crippen LogP contribution in [0.3, 0.4) is 0 Å². The molecule has 7 rings (SSSR count). The van der Waals surface area contributed by atoms with Gasteiger partial charge in [0.1, 0.15) is 0 Å². The molecule has 0 unspecified atom stereocenters. The number of hydrogen-bond acceptors (Lipinski definition) is 14. The summed E-state index contributed by atoms with van der Waals surface area (Å²) in [5.74, 6) is -6.75. The summed E-state index contributed by atoms with van der Waals surface area (Å²) in [6.07, 6.45) is -0.673. The highest BCUT2D eigenvalue weighted by atomic mass is 19.2. The number of ether oxygens (including phenoxy) is 2. The van der Waals surface area contributed by atoms with E-state index in [1.807, 2.05) is 25.1 Å². The van der Waals surface area contributed by atoms with Crippen LogP contribution in [0.5, 0.6) is 0 Å².